The zero-order chi connectivity index (χ0) is 71.1. The van der Waals surface area contributed by atoms with Gasteiger partial charge in [-0.3, -0.25) is 18.6 Å². The minimum atomic E-state index is -4.40. The molecule has 0 saturated carbocycles. The molecule has 1 N–H and O–H groups in total. The van der Waals surface area contributed by atoms with Gasteiger partial charge in [0.25, 0.3) is 0 Å². The first-order valence-electron chi connectivity index (χ1n) is 41.6. The van der Waals surface area contributed by atoms with Crippen molar-refractivity contribution < 1.29 is 42.1 Å². The number of ether oxygens (including phenoxy) is 2. The zero-order valence-electron chi connectivity index (χ0n) is 65.0. The van der Waals surface area contributed by atoms with Crippen LogP contribution in [-0.4, -0.2) is 74.9 Å². The topological polar surface area (TPSA) is 108 Å². The predicted octanol–water partition coefficient (Wildman–Crippen LogP) is 28.0. The highest BCUT2D eigenvalue weighted by Gasteiger charge is 2.27. The van der Waals surface area contributed by atoms with E-state index in [-0.39, 0.29) is 32.0 Å². The molecule has 0 radical (unpaired) electrons. The molecule has 568 valence electrons. The van der Waals surface area contributed by atoms with E-state index in [0.717, 1.165) is 96.3 Å². The Morgan fingerprint density at radius 1 is 0.327 bits per heavy atom. The van der Waals surface area contributed by atoms with Crippen LogP contribution in [0.4, 0.5) is 0 Å². The number of likely N-dealkylation sites (N-methyl/N-ethyl adjacent to an activating group) is 1. The molecule has 0 aromatic rings. The molecule has 0 fully saturated rings. The van der Waals surface area contributed by atoms with Crippen LogP contribution in [0.1, 0.15) is 386 Å². The summed E-state index contributed by atoms with van der Waals surface area (Å²) in [5.74, 6) is -0.788. The van der Waals surface area contributed by atoms with Crippen LogP contribution in [0, 0.1) is 0 Å². The van der Waals surface area contributed by atoms with Crippen LogP contribution in [0.3, 0.4) is 0 Å². The quantitative estimate of drug-likeness (QED) is 0.0211. The van der Waals surface area contributed by atoms with E-state index < -0.39 is 26.5 Å². The summed E-state index contributed by atoms with van der Waals surface area (Å²) in [7, 11) is 1.48. The highest BCUT2D eigenvalue weighted by molar-refractivity contribution is 7.47. The van der Waals surface area contributed by atoms with Gasteiger partial charge in [-0.1, -0.05) is 380 Å². The number of rotatable bonds is 77. The molecule has 0 spiro atoms. The maximum Gasteiger partial charge on any atom is 0.472 e. The van der Waals surface area contributed by atoms with E-state index in [1.54, 1.807) is 0 Å². The van der Waals surface area contributed by atoms with Gasteiger partial charge in [0.1, 0.15) is 19.8 Å². The summed E-state index contributed by atoms with van der Waals surface area (Å²) in [6.45, 7) is 4.35. The summed E-state index contributed by atoms with van der Waals surface area (Å²) in [5.41, 5.74) is 0. The van der Waals surface area contributed by atoms with Gasteiger partial charge in [0.15, 0.2) is 6.10 Å². The Morgan fingerprint density at radius 3 is 0.867 bits per heavy atom. The van der Waals surface area contributed by atoms with E-state index in [4.69, 9.17) is 18.5 Å². The lowest BCUT2D eigenvalue weighted by Crippen LogP contribution is -2.37. The first-order chi connectivity index (χ1) is 48.0. The average molecular weight is 1390 g/mol. The third-order valence-corrected chi connectivity index (χ3v) is 19.3. The minimum absolute atomic E-state index is 0.0289. The summed E-state index contributed by atoms with van der Waals surface area (Å²) < 4.78 is 34.8. The molecule has 10 heteroatoms. The second-order valence-electron chi connectivity index (χ2n) is 29.1. The number of carbonyl (C=O) groups excluding carboxylic acids is 2. The SMILES string of the molecule is CC/C=C\C/C=C\C/C=C\C/C=C\C/C=C\C/C=C\C/C=C\CCCCCCCCCCCCCC(=O)OC(COC(=O)CCCCCCCCCCCCCCCCCCCCCCCCCCCCCCC/C=C\C/C=C\CCCCCCC)COP(=O)(O)OCC[N+](C)(C)C. The van der Waals surface area contributed by atoms with Gasteiger partial charge in [0.05, 0.1) is 27.7 Å². The van der Waals surface area contributed by atoms with Crippen molar-refractivity contribution >= 4 is 19.8 Å². The van der Waals surface area contributed by atoms with Crippen molar-refractivity contribution in [3.8, 4) is 0 Å². The van der Waals surface area contributed by atoms with Crippen molar-refractivity contribution in [1.29, 1.82) is 0 Å². The molecule has 2 unspecified atom stereocenters. The van der Waals surface area contributed by atoms with Crippen molar-refractivity contribution in [2.75, 3.05) is 47.5 Å². The number of esters is 2. The number of hydrogen-bond donors (Lipinski definition) is 1. The Morgan fingerprint density at radius 2 is 0.582 bits per heavy atom. The van der Waals surface area contributed by atoms with Gasteiger partial charge in [-0.2, -0.15) is 0 Å². The van der Waals surface area contributed by atoms with Gasteiger partial charge in [0.2, 0.25) is 0 Å². The lowest BCUT2D eigenvalue weighted by molar-refractivity contribution is -0.870. The van der Waals surface area contributed by atoms with Crippen LogP contribution in [0.25, 0.3) is 0 Å². The zero-order valence-corrected chi connectivity index (χ0v) is 65.9. The third kappa shape index (κ3) is 81.6. The lowest BCUT2D eigenvalue weighted by atomic mass is 10.0. The monoisotopic (exact) mass is 1390 g/mol. The molecule has 0 heterocycles. The third-order valence-electron chi connectivity index (χ3n) is 18.3. The molecule has 0 amide bonds. The van der Waals surface area contributed by atoms with E-state index >= 15 is 0 Å². The smallest absolute Gasteiger partial charge is 0.462 e. The minimum Gasteiger partial charge on any atom is -0.462 e. The number of carbonyl (C=O) groups is 2. The number of phosphoric ester groups is 1. The van der Waals surface area contributed by atoms with Crippen LogP contribution in [-0.2, 0) is 32.7 Å². The summed E-state index contributed by atoms with van der Waals surface area (Å²) in [6.07, 6.45) is 111. The summed E-state index contributed by atoms with van der Waals surface area (Å²) >= 11 is 0. The van der Waals surface area contributed by atoms with Gasteiger partial charge in [-0.05, 0) is 103 Å². The maximum atomic E-state index is 12.9. The summed E-state index contributed by atoms with van der Waals surface area (Å²) in [5, 5.41) is 0. The largest absolute Gasteiger partial charge is 0.472 e. The highest BCUT2D eigenvalue weighted by Crippen LogP contribution is 2.43. The molecule has 0 aliphatic heterocycles. The second kappa shape index (κ2) is 77.8. The van der Waals surface area contributed by atoms with Crippen LogP contribution < -0.4 is 0 Å². The molecule has 0 aromatic carbocycles. The Kier molecular flexibility index (Phi) is 75.2. The fourth-order valence-electron chi connectivity index (χ4n) is 12.0. The average Bonchev–Trinajstić information content (AvgIpc) is 1.08. The Hall–Kier alpha value is -3.33. The molecular weight excluding hydrogens is 1230 g/mol. The first-order valence-corrected chi connectivity index (χ1v) is 43.1. The molecule has 0 aliphatic carbocycles. The van der Waals surface area contributed by atoms with Gasteiger partial charge in [0, 0.05) is 12.8 Å². The number of phosphoric acid groups is 1. The molecule has 9 nitrogen and oxygen atoms in total. The maximum absolute atomic E-state index is 12.9. The van der Waals surface area contributed by atoms with Crippen LogP contribution >= 0.6 is 7.82 Å². The number of quaternary nitrogens is 1. The van der Waals surface area contributed by atoms with Gasteiger partial charge in [-0.25, -0.2) is 4.57 Å². The normalized spacial score (nSPS) is 13.6. The van der Waals surface area contributed by atoms with Crippen molar-refractivity contribution in [3.63, 3.8) is 0 Å². The van der Waals surface area contributed by atoms with Crippen LogP contribution in [0.2, 0.25) is 0 Å². The van der Waals surface area contributed by atoms with E-state index in [9.17, 15) is 19.0 Å². The van der Waals surface area contributed by atoms with Crippen LogP contribution in [0.15, 0.2) is 109 Å². The first kappa shape index (κ1) is 94.7. The number of hydrogen-bond acceptors (Lipinski definition) is 7. The molecule has 0 aliphatic rings. The predicted molar refractivity (Wildman–Crippen MR) is 427 cm³/mol. The van der Waals surface area contributed by atoms with Crippen molar-refractivity contribution in [3.05, 3.63) is 109 Å². The van der Waals surface area contributed by atoms with E-state index in [1.807, 2.05) is 21.1 Å². The van der Waals surface area contributed by atoms with Crippen molar-refractivity contribution in [2.45, 2.75) is 392 Å². The van der Waals surface area contributed by atoms with E-state index in [2.05, 4.69) is 123 Å². The van der Waals surface area contributed by atoms with Gasteiger partial charge < -0.3 is 18.9 Å². The standard InChI is InChI=1S/C88H158NO8P/c1-6-8-10-12-14-16-18-20-22-24-26-28-30-32-34-36-38-40-41-42-43-44-45-46-47-49-50-52-54-56-58-60-62-64-66-68-70-72-74-76-78-80-87(90)94-84-86(85-96-98(92,93)95-83-82-89(3,4)5)97-88(91)81-79-77-75-73-71-69-67-65-63-61-59-57-55-53-51-48-39-37-35-33-31-29-27-25-23-21-19-17-15-13-11-9-7-2/h9,11,15,17-18,20-21,23-24,26-27,29,33,35,39,48,53,55,86H,6-8,10,12-14,16,19,22,25,28,30-32,34,36-38,40-47,49-52,54,56-85H2,1-5H3/p+1/b11-9-,17-15-,20-18-,23-21-,26-24-,29-27-,35-33-,48-39-,55-53-. The van der Waals surface area contributed by atoms with Crippen molar-refractivity contribution in [2.24, 2.45) is 0 Å². The fraction of sp³-hybridized carbons (Fsp3) is 0.773. The molecule has 0 saturated heterocycles. The Balaban J connectivity index is 3.92. The van der Waals surface area contributed by atoms with E-state index in [1.165, 1.54) is 257 Å². The summed E-state index contributed by atoms with van der Waals surface area (Å²) in [6, 6.07) is 0. The van der Waals surface area contributed by atoms with Crippen molar-refractivity contribution in [1.82, 2.24) is 0 Å². The van der Waals surface area contributed by atoms with Gasteiger partial charge >= 0.3 is 19.8 Å². The molecule has 0 bridgehead atoms. The van der Waals surface area contributed by atoms with Crippen LogP contribution in [0.5, 0.6) is 0 Å². The molecular formula is C88H159NO8P+. The second-order valence-corrected chi connectivity index (χ2v) is 30.6. The summed E-state index contributed by atoms with van der Waals surface area (Å²) in [4.78, 5) is 36.0. The lowest BCUT2D eigenvalue weighted by Gasteiger charge is -2.24. The number of unbranched alkanes of at least 4 members (excludes halogenated alkanes) is 45. The highest BCUT2D eigenvalue weighted by atomic mass is 31.2. The molecule has 0 aromatic heterocycles. The van der Waals surface area contributed by atoms with Gasteiger partial charge in [-0.15, -0.1) is 0 Å². The Bertz CT molecular complexity index is 2030. The number of allylic oxidation sites excluding steroid dienone is 18. The Labute approximate surface area is 607 Å². The molecule has 98 heavy (non-hydrogen) atoms. The van der Waals surface area contributed by atoms with E-state index in [0.29, 0.717) is 17.4 Å². The molecule has 0 rings (SSSR count). The fourth-order valence-corrected chi connectivity index (χ4v) is 12.7. The number of nitrogens with zero attached hydrogens (tertiary/aromatic N) is 1. The molecule has 2 atom stereocenters.